The summed E-state index contributed by atoms with van der Waals surface area (Å²) in [5, 5.41) is 8.48. The molecule has 0 saturated heterocycles. The van der Waals surface area contributed by atoms with E-state index < -0.39 is 12.3 Å². The minimum atomic E-state index is -1.13. The van der Waals surface area contributed by atoms with Crippen LogP contribution in [0.5, 0.6) is 0 Å². The maximum Gasteiger partial charge on any atom is 0.315 e. The quantitative estimate of drug-likeness (QED) is 0.341. The van der Waals surface area contributed by atoms with Gasteiger partial charge in [0.25, 0.3) is 0 Å². The molecule has 0 spiro atoms. The van der Waals surface area contributed by atoms with Crippen LogP contribution < -0.4 is 0 Å². The molecule has 0 bridgehead atoms. The number of aliphatic hydroxyl groups is 1. The number of esters is 1. The number of rotatable bonds is 3. The number of hydrogen-bond acceptors (Lipinski definition) is 4. The molecule has 4 nitrogen and oxygen atoms in total. The highest BCUT2D eigenvalue weighted by atomic mass is 16.6. The molecular formula is C6H10O4. The summed E-state index contributed by atoms with van der Waals surface area (Å²) in [7, 11) is 0. The van der Waals surface area contributed by atoms with Crippen molar-refractivity contribution >= 4 is 11.8 Å². The maximum absolute atomic E-state index is 10.5. The van der Waals surface area contributed by atoms with Crippen molar-refractivity contribution in [1.29, 1.82) is 0 Å². The highest BCUT2D eigenvalue weighted by molar-refractivity contribution is 5.94. The van der Waals surface area contributed by atoms with Crippen molar-refractivity contribution in [3.63, 3.8) is 0 Å². The summed E-state index contributed by atoms with van der Waals surface area (Å²) in [6, 6.07) is 0. The third kappa shape index (κ3) is 5.24. The summed E-state index contributed by atoms with van der Waals surface area (Å²) in [6.07, 6.45) is -1.41. The average Bonchev–Trinajstić information content (AvgIpc) is 1.58. The second-order valence-electron chi connectivity index (χ2n) is 1.97. The fraction of sp³-hybridized carbons (Fsp3) is 0.667. The topological polar surface area (TPSA) is 63.6 Å². The summed E-state index contributed by atoms with van der Waals surface area (Å²) in [5.74, 6) is -0.965. The Kier molecular flexibility index (Phi) is 3.64. The van der Waals surface area contributed by atoms with Crippen LogP contribution in [0.2, 0.25) is 0 Å². The third-order valence-corrected chi connectivity index (χ3v) is 0.695. The number of hydrogen-bond donors (Lipinski definition) is 1. The zero-order valence-electron chi connectivity index (χ0n) is 5.96. The van der Waals surface area contributed by atoms with E-state index in [-0.39, 0.29) is 12.2 Å². The largest absolute Gasteiger partial charge is 0.436 e. The molecule has 0 aliphatic rings. The van der Waals surface area contributed by atoms with Crippen molar-refractivity contribution in [2.75, 3.05) is 0 Å². The van der Waals surface area contributed by atoms with Crippen LogP contribution in [0.3, 0.4) is 0 Å². The number of carbonyl (C=O) groups is 2. The second-order valence-corrected chi connectivity index (χ2v) is 1.97. The molecule has 0 radical (unpaired) electrons. The molecule has 0 fully saturated rings. The SMILES string of the molecule is CC(=O)CC(=O)OC(C)O. The Morgan fingerprint density at radius 3 is 2.40 bits per heavy atom. The first-order valence-electron chi connectivity index (χ1n) is 2.89. The fourth-order valence-corrected chi connectivity index (χ4v) is 0.435. The lowest BCUT2D eigenvalue weighted by atomic mass is 10.3. The second kappa shape index (κ2) is 4.00. The van der Waals surface area contributed by atoms with Gasteiger partial charge in [0.1, 0.15) is 12.2 Å². The first kappa shape index (κ1) is 9.10. The Labute approximate surface area is 58.8 Å². The molecule has 0 aromatic heterocycles. The monoisotopic (exact) mass is 146 g/mol. The highest BCUT2D eigenvalue weighted by Crippen LogP contribution is 1.91. The lowest BCUT2D eigenvalue weighted by Crippen LogP contribution is -2.15. The third-order valence-electron chi connectivity index (χ3n) is 0.695. The smallest absolute Gasteiger partial charge is 0.315 e. The predicted octanol–water partition coefficient (Wildman–Crippen LogP) is -0.153. The Morgan fingerprint density at radius 2 is 2.10 bits per heavy atom. The van der Waals surface area contributed by atoms with Gasteiger partial charge in [-0.3, -0.25) is 9.59 Å². The van der Waals surface area contributed by atoms with E-state index in [9.17, 15) is 9.59 Å². The molecule has 10 heavy (non-hydrogen) atoms. The van der Waals surface area contributed by atoms with Gasteiger partial charge in [-0.25, -0.2) is 0 Å². The van der Waals surface area contributed by atoms with Crippen LogP contribution in [-0.4, -0.2) is 23.1 Å². The zero-order valence-corrected chi connectivity index (χ0v) is 5.96. The van der Waals surface area contributed by atoms with Crippen molar-refractivity contribution in [2.24, 2.45) is 0 Å². The summed E-state index contributed by atoms with van der Waals surface area (Å²) in [4.78, 5) is 20.7. The van der Waals surface area contributed by atoms with Gasteiger partial charge < -0.3 is 9.84 Å². The molecular weight excluding hydrogens is 136 g/mol. The molecule has 1 atom stereocenters. The predicted molar refractivity (Wildman–Crippen MR) is 33.1 cm³/mol. The van der Waals surface area contributed by atoms with Gasteiger partial charge >= 0.3 is 5.97 Å². The minimum Gasteiger partial charge on any atom is -0.436 e. The fourth-order valence-electron chi connectivity index (χ4n) is 0.435. The molecule has 0 aliphatic heterocycles. The standard InChI is InChI=1S/C6H10O4/c1-4(7)3-6(9)10-5(2)8/h5,8H,3H2,1-2H3. The average molecular weight is 146 g/mol. The molecule has 1 unspecified atom stereocenters. The summed E-state index contributed by atoms with van der Waals surface area (Å²) in [6.45, 7) is 2.58. The highest BCUT2D eigenvalue weighted by Gasteiger charge is 2.07. The normalized spacial score (nSPS) is 12.3. The van der Waals surface area contributed by atoms with E-state index in [1.54, 1.807) is 0 Å². The molecule has 0 rings (SSSR count). The molecule has 58 valence electrons. The van der Waals surface area contributed by atoms with Crippen LogP contribution in [0.15, 0.2) is 0 Å². The van der Waals surface area contributed by atoms with E-state index in [0.29, 0.717) is 0 Å². The number of ketones is 1. The Hall–Kier alpha value is -0.900. The number of aliphatic hydroxyl groups excluding tert-OH is 1. The molecule has 0 aromatic carbocycles. The van der Waals surface area contributed by atoms with Crippen LogP contribution in [0, 0.1) is 0 Å². The number of Topliss-reactive ketones (excluding diaryl/α,β-unsaturated/α-hetero) is 1. The molecule has 1 N–H and O–H groups in total. The minimum absolute atomic E-state index is 0.273. The molecule has 0 heterocycles. The molecule has 0 saturated carbocycles. The van der Waals surface area contributed by atoms with Gasteiger partial charge in [-0.05, 0) is 13.8 Å². The van der Waals surface area contributed by atoms with E-state index >= 15 is 0 Å². The van der Waals surface area contributed by atoms with Crippen LogP contribution in [0.25, 0.3) is 0 Å². The van der Waals surface area contributed by atoms with Crippen LogP contribution >= 0.6 is 0 Å². The molecule has 0 aliphatic carbocycles. The van der Waals surface area contributed by atoms with Gasteiger partial charge in [-0.1, -0.05) is 0 Å². The van der Waals surface area contributed by atoms with E-state index in [0.717, 1.165) is 0 Å². The summed E-state index contributed by atoms with van der Waals surface area (Å²) < 4.78 is 4.26. The Balaban J connectivity index is 3.54. The van der Waals surface area contributed by atoms with E-state index in [2.05, 4.69) is 4.74 Å². The van der Waals surface area contributed by atoms with Crippen LogP contribution in [-0.2, 0) is 14.3 Å². The van der Waals surface area contributed by atoms with Crippen molar-refractivity contribution in [3.05, 3.63) is 0 Å². The van der Waals surface area contributed by atoms with Crippen molar-refractivity contribution in [2.45, 2.75) is 26.6 Å². The van der Waals surface area contributed by atoms with Crippen LogP contribution in [0.1, 0.15) is 20.3 Å². The maximum atomic E-state index is 10.5. The molecule has 4 heteroatoms. The van der Waals surface area contributed by atoms with Gasteiger partial charge in [0, 0.05) is 0 Å². The lowest BCUT2D eigenvalue weighted by molar-refractivity contribution is -0.165. The Morgan fingerprint density at radius 1 is 1.60 bits per heavy atom. The lowest BCUT2D eigenvalue weighted by Gasteiger charge is -2.04. The first-order valence-corrected chi connectivity index (χ1v) is 2.89. The van der Waals surface area contributed by atoms with E-state index in [1.165, 1.54) is 13.8 Å². The molecule has 0 aromatic rings. The number of carbonyl (C=O) groups excluding carboxylic acids is 2. The van der Waals surface area contributed by atoms with Gasteiger partial charge in [-0.15, -0.1) is 0 Å². The van der Waals surface area contributed by atoms with E-state index in [1.807, 2.05) is 0 Å². The summed E-state index contributed by atoms with van der Waals surface area (Å²) in [5.41, 5.74) is 0. The van der Waals surface area contributed by atoms with Crippen molar-refractivity contribution in [1.82, 2.24) is 0 Å². The van der Waals surface area contributed by atoms with Gasteiger partial charge in [-0.2, -0.15) is 0 Å². The molecule has 0 amide bonds. The van der Waals surface area contributed by atoms with Gasteiger partial charge in [0.05, 0.1) is 0 Å². The van der Waals surface area contributed by atoms with Gasteiger partial charge in [0.15, 0.2) is 6.29 Å². The Bertz CT molecular complexity index is 139. The van der Waals surface area contributed by atoms with Crippen LogP contribution in [0.4, 0.5) is 0 Å². The number of ether oxygens (including phenoxy) is 1. The van der Waals surface area contributed by atoms with E-state index in [4.69, 9.17) is 5.11 Å². The van der Waals surface area contributed by atoms with Crippen molar-refractivity contribution in [3.8, 4) is 0 Å². The van der Waals surface area contributed by atoms with Crippen molar-refractivity contribution < 1.29 is 19.4 Å². The first-order chi connectivity index (χ1) is 4.52. The van der Waals surface area contributed by atoms with Gasteiger partial charge in [0.2, 0.25) is 0 Å². The summed E-state index contributed by atoms with van der Waals surface area (Å²) >= 11 is 0. The zero-order chi connectivity index (χ0) is 8.15.